The van der Waals surface area contributed by atoms with Gasteiger partial charge in [-0.05, 0) is 54.1 Å². The molecule has 0 unspecified atom stereocenters. The van der Waals surface area contributed by atoms with E-state index in [0.29, 0.717) is 31.9 Å². The number of alkyl halides is 3. The van der Waals surface area contributed by atoms with Gasteiger partial charge in [0.05, 0.1) is 16.9 Å². The number of nitrogens with zero attached hydrogens (tertiary/aromatic N) is 3. The summed E-state index contributed by atoms with van der Waals surface area (Å²) in [5, 5.41) is 5.58. The van der Waals surface area contributed by atoms with Crippen molar-refractivity contribution in [1.82, 2.24) is 20.2 Å². The Morgan fingerprint density at radius 2 is 1.68 bits per heavy atom. The summed E-state index contributed by atoms with van der Waals surface area (Å²) in [5.41, 5.74) is -0.965. The van der Waals surface area contributed by atoms with Gasteiger partial charge in [-0.15, -0.1) is 0 Å². The maximum Gasteiger partial charge on any atom is 0.416 e. The number of halogens is 3. The minimum Gasteiger partial charge on any atom is -0.371 e. The lowest BCUT2D eigenvalue weighted by Crippen LogP contribution is -2.39. The molecule has 1 amide bonds. The Balaban J connectivity index is 1.33. The van der Waals surface area contributed by atoms with Crippen LogP contribution in [0.25, 0.3) is 0 Å². The second kappa shape index (κ2) is 13.0. The van der Waals surface area contributed by atoms with Crippen LogP contribution in [0.4, 0.5) is 24.8 Å². The molecule has 3 N–H and O–H groups in total. The second-order valence-electron chi connectivity index (χ2n) is 9.12. The third-order valence-corrected chi connectivity index (χ3v) is 7.40. The van der Waals surface area contributed by atoms with Crippen molar-refractivity contribution in [3.8, 4) is 0 Å². The van der Waals surface area contributed by atoms with Crippen LogP contribution in [-0.2, 0) is 25.8 Å². The highest BCUT2D eigenvalue weighted by Crippen LogP contribution is 2.34. The lowest BCUT2D eigenvalue weighted by atomic mass is 10.0. The quantitative estimate of drug-likeness (QED) is 0.303. The number of amides is 1. The Hall–Kier alpha value is -4.24. The third kappa shape index (κ3) is 8.38. The van der Waals surface area contributed by atoms with Gasteiger partial charge in [0.15, 0.2) is 0 Å². The Morgan fingerprint density at radius 1 is 1.00 bits per heavy atom. The van der Waals surface area contributed by atoms with Gasteiger partial charge in [-0.3, -0.25) is 9.59 Å². The maximum absolute atomic E-state index is 13.7. The first-order chi connectivity index (χ1) is 19.5. The van der Waals surface area contributed by atoms with Crippen molar-refractivity contribution in [2.75, 3.05) is 29.9 Å². The van der Waals surface area contributed by atoms with Gasteiger partial charge in [0.1, 0.15) is 0 Å². The summed E-state index contributed by atoms with van der Waals surface area (Å²) in [5.74, 6) is -1.35. The molecule has 11 nitrogen and oxygen atoms in total. The average molecular weight is 593 g/mol. The van der Waals surface area contributed by atoms with Crippen molar-refractivity contribution in [1.29, 1.82) is 0 Å². The summed E-state index contributed by atoms with van der Waals surface area (Å²) in [4.78, 5) is 40.8. The number of benzene rings is 2. The van der Waals surface area contributed by atoms with Gasteiger partial charge < -0.3 is 20.4 Å². The highest BCUT2D eigenvalue weighted by Gasteiger charge is 2.33. The predicted molar refractivity (Wildman–Crippen MR) is 142 cm³/mol. The standard InChI is InChI=1S/C26H27F3N6O5S/c27-26(28,29)19-15-18(16-21(17-19)35-13-8-20(9-14-35)33-25-31-10-4-11-32-25)24(37)30-12-7-23(36)40-34-41(38,39)22-5-2-1-3-6-22/h1-6,10-11,15-17,20,34H,7-9,12-14H2,(H,30,37)(H,31,32,33). The maximum atomic E-state index is 13.7. The number of nitrogens with one attached hydrogen (secondary N) is 3. The molecular weight excluding hydrogens is 565 g/mol. The lowest BCUT2D eigenvalue weighted by Gasteiger charge is -2.34. The zero-order valence-corrected chi connectivity index (χ0v) is 22.4. The number of carbonyl (C=O) groups is 2. The first kappa shape index (κ1) is 29.7. The molecule has 41 heavy (non-hydrogen) atoms. The first-order valence-corrected chi connectivity index (χ1v) is 14.0. The number of hydrogen-bond acceptors (Lipinski definition) is 9. The van der Waals surface area contributed by atoms with E-state index in [-0.39, 0.29) is 28.7 Å². The highest BCUT2D eigenvalue weighted by atomic mass is 32.2. The molecule has 2 aromatic carbocycles. The van der Waals surface area contributed by atoms with E-state index in [9.17, 15) is 31.2 Å². The molecule has 0 radical (unpaired) electrons. The minimum absolute atomic E-state index is 0.0409. The third-order valence-electron chi connectivity index (χ3n) is 6.20. The molecule has 0 spiro atoms. The van der Waals surface area contributed by atoms with Gasteiger partial charge >= 0.3 is 12.1 Å². The van der Waals surface area contributed by atoms with Crippen molar-refractivity contribution in [3.63, 3.8) is 0 Å². The number of aromatic nitrogens is 2. The van der Waals surface area contributed by atoms with Crippen molar-refractivity contribution in [3.05, 3.63) is 78.1 Å². The van der Waals surface area contributed by atoms with Gasteiger partial charge in [-0.25, -0.2) is 18.4 Å². The van der Waals surface area contributed by atoms with E-state index in [1.165, 1.54) is 30.3 Å². The van der Waals surface area contributed by atoms with Crippen molar-refractivity contribution in [2.24, 2.45) is 0 Å². The van der Waals surface area contributed by atoms with Crippen LogP contribution in [0.3, 0.4) is 0 Å². The summed E-state index contributed by atoms with van der Waals surface area (Å²) in [6.45, 7) is 0.587. The molecule has 2 heterocycles. The number of anilines is 2. The van der Waals surface area contributed by atoms with Gasteiger partial charge in [0.2, 0.25) is 5.95 Å². The molecule has 4 rings (SSSR count). The molecular formula is C26H27F3N6O5S. The fourth-order valence-electron chi connectivity index (χ4n) is 4.11. The molecule has 218 valence electrons. The normalized spacial score (nSPS) is 14.4. The van der Waals surface area contributed by atoms with E-state index in [1.807, 2.05) is 0 Å². The van der Waals surface area contributed by atoms with Crippen LogP contribution in [0.1, 0.15) is 35.2 Å². The molecule has 1 saturated heterocycles. The largest absolute Gasteiger partial charge is 0.416 e. The van der Waals surface area contributed by atoms with E-state index >= 15 is 0 Å². The SMILES string of the molecule is O=C(CCNC(=O)c1cc(N2CCC(Nc3ncccn3)CC2)cc(C(F)(F)F)c1)ONS(=O)(=O)c1ccccc1. The molecule has 0 bridgehead atoms. The molecule has 1 aliphatic heterocycles. The summed E-state index contributed by atoms with van der Waals surface area (Å²) in [6.07, 6.45) is -0.667. The predicted octanol–water partition coefficient (Wildman–Crippen LogP) is 3.13. The Kier molecular flexibility index (Phi) is 9.39. The fraction of sp³-hybridized carbons (Fsp3) is 0.308. The number of sulfonamides is 1. The van der Waals surface area contributed by atoms with Crippen LogP contribution in [0.2, 0.25) is 0 Å². The van der Waals surface area contributed by atoms with E-state index in [2.05, 4.69) is 25.4 Å². The highest BCUT2D eigenvalue weighted by molar-refractivity contribution is 7.89. The topological polar surface area (TPSA) is 143 Å². The molecule has 3 aromatic rings. The molecule has 0 atom stereocenters. The van der Waals surface area contributed by atoms with E-state index in [1.54, 1.807) is 34.3 Å². The Morgan fingerprint density at radius 3 is 2.34 bits per heavy atom. The van der Waals surface area contributed by atoms with E-state index in [0.717, 1.165) is 12.1 Å². The summed E-state index contributed by atoms with van der Waals surface area (Å²) >= 11 is 0. The smallest absolute Gasteiger partial charge is 0.371 e. The van der Waals surface area contributed by atoms with Gasteiger partial charge in [0.25, 0.3) is 15.9 Å². The number of hydrogen-bond donors (Lipinski definition) is 3. The van der Waals surface area contributed by atoms with Gasteiger partial charge in [0, 0.05) is 49.3 Å². The average Bonchev–Trinajstić information content (AvgIpc) is 2.97. The lowest BCUT2D eigenvalue weighted by molar-refractivity contribution is -0.147. The zero-order chi connectivity index (χ0) is 29.5. The van der Waals surface area contributed by atoms with Crippen LogP contribution in [0.15, 0.2) is 71.9 Å². The van der Waals surface area contributed by atoms with Crippen LogP contribution in [-0.4, -0.2) is 55.9 Å². The number of piperidine rings is 1. The van der Waals surface area contributed by atoms with Crippen LogP contribution < -0.4 is 20.4 Å². The van der Waals surface area contributed by atoms with E-state index < -0.39 is 40.1 Å². The molecule has 1 fully saturated rings. The summed E-state index contributed by atoms with van der Waals surface area (Å²) < 4.78 is 65.2. The van der Waals surface area contributed by atoms with Crippen LogP contribution >= 0.6 is 0 Å². The molecule has 15 heteroatoms. The molecule has 0 aliphatic carbocycles. The first-order valence-electron chi connectivity index (χ1n) is 12.6. The number of rotatable bonds is 10. The second-order valence-corrected chi connectivity index (χ2v) is 10.8. The minimum atomic E-state index is -4.69. The van der Waals surface area contributed by atoms with E-state index in [4.69, 9.17) is 0 Å². The van der Waals surface area contributed by atoms with Gasteiger partial charge in [-0.1, -0.05) is 18.2 Å². The zero-order valence-electron chi connectivity index (χ0n) is 21.6. The fourth-order valence-corrected chi connectivity index (χ4v) is 4.92. The summed E-state index contributed by atoms with van der Waals surface area (Å²) in [6, 6.07) is 12.0. The molecule has 1 aliphatic rings. The monoisotopic (exact) mass is 592 g/mol. The van der Waals surface area contributed by atoms with Crippen molar-refractivity contribution >= 4 is 33.5 Å². The summed E-state index contributed by atoms with van der Waals surface area (Å²) in [7, 11) is -4.10. The Labute approximate surface area is 234 Å². The van der Waals surface area contributed by atoms with Gasteiger partial charge in [-0.2, -0.15) is 13.2 Å². The number of carbonyl (C=O) groups excluding carboxylic acids is 2. The Bertz CT molecular complexity index is 1450. The van der Waals surface area contributed by atoms with Crippen LogP contribution in [0.5, 0.6) is 0 Å². The van der Waals surface area contributed by atoms with Crippen molar-refractivity contribution < 1.29 is 36.0 Å². The molecule has 1 aromatic heterocycles. The molecule has 0 saturated carbocycles. The van der Waals surface area contributed by atoms with Crippen molar-refractivity contribution in [2.45, 2.75) is 36.4 Å². The van der Waals surface area contributed by atoms with Crippen LogP contribution in [0, 0.1) is 0 Å².